The van der Waals surface area contributed by atoms with E-state index in [9.17, 15) is 4.79 Å². The predicted molar refractivity (Wildman–Crippen MR) is 59.1 cm³/mol. The van der Waals surface area contributed by atoms with Crippen LogP contribution in [-0.2, 0) is 0 Å². The minimum Gasteiger partial charge on any atom is -0.412 e. The number of fused-ring (bicyclic) bond motifs is 1. The number of carbonyl (C=O) groups is 1. The second-order valence-electron chi connectivity index (χ2n) is 3.17. The van der Waals surface area contributed by atoms with Crippen LogP contribution in [0.1, 0.15) is 28.9 Å². The first kappa shape index (κ1) is 12.0. The standard InChI is InChI=1S/C9H11N3OS.H2O/c1-5-7-3-2-6(9(13)11-10)4-8(7)14-12-5;/h2-5,12H,10H2,1H3,(H,11,13);1H2. The molecule has 1 amide bonds. The van der Waals surface area contributed by atoms with E-state index in [2.05, 4.69) is 17.1 Å². The third-order valence-corrected chi connectivity index (χ3v) is 3.26. The number of nitrogens with two attached hydrogens (primary N) is 1. The summed E-state index contributed by atoms with van der Waals surface area (Å²) in [5.74, 6) is 4.80. The maximum Gasteiger partial charge on any atom is 0.265 e. The van der Waals surface area contributed by atoms with Crippen molar-refractivity contribution in [1.29, 1.82) is 0 Å². The number of hydrogen-bond acceptors (Lipinski definition) is 4. The minimum atomic E-state index is -0.257. The molecular weight excluding hydrogens is 214 g/mol. The van der Waals surface area contributed by atoms with E-state index in [1.807, 2.05) is 12.1 Å². The summed E-state index contributed by atoms with van der Waals surface area (Å²) in [6.45, 7) is 2.08. The van der Waals surface area contributed by atoms with Crippen LogP contribution < -0.4 is 16.0 Å². The van der Waals surface area contributed by atoms with Crippen LogP contribution in [0.5, 0.6) is 0 Å². The zero-order chi connectivity index (χ0) is 10.1. The highest BCUT2D eigenvalue weighted by Gasteiger charge is 2.19. The van der Waals surface area contributed by atoms with Gasteiger partial charge in [0.2, 0.25) is 0 Å². The monoisotopic (exact) mass is 227 g/mol. The molecule has 6 N–H and O–H groups in total. The van der Waals surface area contributed by atoms with Gasteiger partial charge in [-0.05, 0) is 36.6 Å². The van der Waals surface area contributed by atoms with Gasteiger partial charge < -0.3 is 5.48 Å². The van der Waals surface area contributed by atoms with Crippen molar-refractivity contribution in [1.82, 2.24) is 10.1 Å². The van der Waals surface area contributed by atoms with E-state index in [0.717, 1.165) is 4.90 Å². The Bertz CT molecular complexity index is 384. The normalized spacial score (nSPS) is 17.9. The van der Waals surface area contributed by atoms with E-state index in [4.69, 9.17) is 5.84 Å². The summed E-state index contributed by atoms with van der Waals surface area (Å²) < 4.78 is 3.22. The molecule has 0 fully saturated rings. The second-order valence-corrected chi connectivity index (χ2v) is 4.05. The highest BCUT2D eigenvalue weighted by Crippen LogP contribution is 2.34. The van der Waals surface area contributed by atoms with Crippen molar-refractivity contribution in [3.63, 3.8) is 0 Å². The maximum absolute atomic E-state index is 11.2. The molecule has 15 heavy (non-hydrogen) atoms. The van der Waals surface area contributed by atoms with Crippen LogP contribution in [0.4, 0.5) is 0 Å². The lowest BCUT2D eigenvalue weighted by Gasteiger charge is -2.04. The fourth-order valence-corrected chi connectivity index (χ4v) is 2.40. The highest BCUT2D eigenvalue weighted by molar-refractivity contribution is 7.97. The van der Waals surface area contributed by atoms with Crippen molar-refractivity contribution >= 4 is 17.9 Å². The Hall–Kier alpha value is -1.08. The molecule has 1 heterocycles. The first-order chi connectivity index (χ1) is 6.72. The second kappa shape index (κ2) is 4.63. The number of hydrogen-bond donors (Lipinski definition) is 3. The Morgan fingerprint density at radius 1 is 1.60 bits per heavy atom. The molecule has 1 unspecified atom stereocenters. The molecular formula is C9H13N3O2S. The van der Waals surface area contributed by atoms with Crippen molar-refractivity contribution in [2.24, 2.45) is 5.84 Å². The third kappa shape index (κ3) is 2.13. The van der Waals surface area contributed by atoms with Gasteiger partial charge in [0.05, 0.1) is 0 Å². The Morgan fingerprint density at radius 3 is 3.00 bits per heavy atom. The van der Waals surface area contributed by atoms with Gasteiger partial charge in [-0.3, -0.25) is 14.9 Å². The number of nitrogen functional groups attached to an aromatic ring is 1. The number of amides is 1. The lowest BCUT2D eigenvalue weighted by molar-refractivity contribution is 0.0953. The smallest absolute Gasteiger partial charge is 0.265 e. The predicted octanol–water partition coefficient (Wildman–Crippen LogP) is 0.137. The van der Waals surface area contributed by atoms with Gasteiger partial charge in [-0.1, -0.05) is 6.07 Å². The summed E-state index contributed by atoms with van der Waals surface area (Å²) in [4.78, 5) is 12.3. The van der Waals surface area contributed by atoms with Gasteiger partial charge >= 0.3 is 0 Å². The van der Waals surface area contributed by atoms with E-state index in [0.29, 0.717) is 11.6 Å². The van der Waals surface area contributed by atoms with Gasteiger partial charge in [0.25, 0.3) is 5.91 Å². The molecule has 0 aliphatic carbocycles. The van der Waals surface area contributed by atoms with Crippen molar-refractivity contribution in [2.75, 3.05) is 0 Å². The molecule has 0 aromatic heterocycles. The van der Waals surface area contributed by atoms with Crippen LogP contribution in [0.25, 0.3) is 0 Å². The van der Waals surface area contributed by atoms with Crippen LogP contribution in [0.15, 0.2) is 23.1 Å². The summed E-state index contributed by atoms with van der Waals surface area (Å²) in [6, 6.07) is 5.92. The Balaban J connectivity index is 0.00000112. The number of benzene rings is 1. The zero-order valence-corrected chi connectivity index (χ0v) is 9.02. The molecule has 0 saturated heterocycles. The van der Waals surface area contributed by atoms with Crippen molar-refractivity contribution < 1.29 is 10.3 Å². The van der Waals surface area contributed by atoms with Crippen LogP contribution in [0.2, 0.25) is 0 Å². The minimum absolute atomic E-state index is 0. The average Bonchev–Trinajstić information content (AvgIpc) is 2.59. The van der Waals surface area contributed by atoms with Crippen LogP contribution in [0.3, 0.4) is 0 Å². The summed E-state index contributed by atoms with van der Waals surface area (Å²) in [7, 11) is 0. The Labute approximate surface area is 91.8 Å². The van der Waals surface area contributed by atoms with Crippen molar-refractivity contribution in [3.05, 3.63) is 29.3 Å². The van der Waals surface area contributed by atoms with Gasteiger partial charge in [-0.25, -0.2) is 5.84 Å². The molecule has 6 heteroatoms. The molecule has 5 nitrogen and oxygen atoms in total. The third-order valence-electron chi connectivity index (χ3n) is 2.22. The van der Waals surface area contributed by atoms with E-state index < -0.39 is 0 Å². The maximum atomic E-state index is 11.2. The fourth-order valence-electron chi connectivity index (χ4n) is 1.42. The summed E-state index contributed by atoms with van der Waals surface area (Å²) in [6.07, 6.45) is 0. The Morgan fingerprint density at radius 2 is 2.33 bits per heavy atom. The molecule has 0 spiro atoms. The first-order valence-electron chi connectivity index (χ1n) is 4.29. The molecule has 1 atom stereocenters. The topological polar surface area (TPSA) is 98.7 Å². The number of hydrazine groups is 1. The molecule has 0 bridgehead atoms. The quantitative estimate of drug-likeness (QED) is 0.275. The fraction of sp³-hybridized carbons (Fsp3) is 0.222. The van der Waals surface area contributed by atoms with Crippen molar-refractivity contribution in [3.8, 4) is 0 Å². The number of rotatable bonds is 1. The lowest BCUT2D eigenvalue weighted by atomic mass is 10.1. The summed E-state index contributed by atoms with van der Waals surface area (Å²) in [5, 5.41) is 0. The molecule has 1 aliphatic heterocycles. The van der Waals surface area contributed by atoms with Gasteiger partial charge in [0, 0.05) is 16.5 Å². The van der Waals surface area contributed by atoms with Crippen LogP contribution in [0, 0.1) is 0 Å². The molecule has 0 saturated carbocycles. The number of carbonyl (C=O) groups excluding carboxylic acids is 1. The average molecular weight is 227 g/mol. The van der Waals surface area contributed by atoms with E-state index >= 15 is 0 Å². The lowest BCUT2D eigenvalue weighted by Crippen LogP contribution is -2.29. The molecule has 1 aliphatic rings. The number of nitrogens with one attached hydrogen (secondary N) is 2. The van der Waals surface area contributed by atoms with E-state index in [-0.39, 0.29) is 11.4 Å². The molecule has 82 valence electrons. The van der Waals surface area contributed by atoms with Crippen LogP contribution >= 0.6 is 11.9 Å². The molecule has 1 aromatic carbocycles. The largest absolute Gasteiger partial charge is 0.412 e. The van der Waals surface area contributed by atoms with E-state index in [1.165, 1.54) is 5.56 Å². The molecule has 1 aromatic rings. The molecule has 2 rings (SSSR count). The molecule has 0 radical (unpaired) electrons. The first-order valence-corrected chi connectivity index (χ1v) is 5.11. The highest BCUT2D eigenvalue weighted by atomic mass is 32.2. The zero-order valence-electron chi connectivity index (χ0n) is 8.20. The van der Waals surface area contributed by atoms with Gasteiger partial charge in [-0.15, -0.1) is 0 Å². The SMILES string of the molecule is CC1NSc2cc(C(=O)NN)ccc21.O. The van der Waals surface area contributed by atoms with Gasteiger partial charge in [-0.2, -0.15) is 0 Å². The summed E-state index contributed by atoms with van der Waals surface area (Å²) >= 11 is 1.55. The van der Waals surface area contributed by atoms with Gasteiger partial charge in [0.15, 0.2) is 0 Å². The Kier molecular flexibility index (Phi) is 3.70. The van der Waals surface area contributed by atoms with Crippen molar-refractivity contribution in [2.45, 2.75) is 17.9 Å². The van der Waals surface area contributed by atoms with Gasteiger partial charge in [0.1, 0.15) is 0 Å². The summed E-state index contributed by atoms with van der Waals surface area (Å²) in [5.41, 5.74) is 3.93. The van der Waals surface area contributed by atoms with Crippen LogP contribution in [-0.4, -0.2) is 11.4 Å². The van der Waals surface area contributed by atoms with E-state index in [1.54, 1.807) is 18.0 Å².